The van der Waals surface area contributed by atoms with Crippen LogP contribution >= 0.6 is 0 Å². The topological polar surface area (TPSA) is 59.0 Å². The van der Waals surface area contributed by atoms with Gasteiger partial charge < -0.3 is 10.6 Å². The van der Waals surface area contributed by atoms with Gasteiger partial charge in [0.1, 0.15) is 0 Å². The monoisotopic (exact) mass is 310 g/mol. The summed E-state index contributed by atoms with van der Waals surface area (Å²) in [5.74, 6) is 0.0273. The van der Waals surface area contributed by atoms with Gasteiger partial charge >= 0.3 is 0 Å². The molecule has 120 valence electrons. The molecule has 1 aromatic carbocycles. The average Bonchev–Trinajstić information content (AvgIpc) is 3.13. The molecule has 23 heavy (non-hydrogen) atoms. The zero-order valence-corrected chi connectivity index (χ0v) is 13.3. The Kier molecular flexibility index (Phi) is 3.65. The third-order valence-corrected chi connectivity index (χ3v) is 4.91. The Morgan fingerprint density at radius 3 is 2.52 bits per heavy atom. The van der Waals surface area contributed by atoms with Crippen molar-refractivity contribution in [2.75, 3.05) is 0 Å². The summed E-state index contributed by atoms with van der Waals surface area (Å²) in [6.45, 7) is 2.01. The van der Waals surface area contributed by atoms with E-state index in [0.717, 1.165) is 24.1 Å². The summed E-state index contributed by atoms with van der Waals surface area (Å²) in [6.07, 6.45) is 8.38. The van der Waals surface area contributed by atoms with Crippen LogP contribution < -0.4 is 10.6 Å². The van der Waals surface area contributed by atoms with Gasteiger partial charge in [0.05, 0.1) is 11.9 Å². The summed E-state index contributed by atoms with van der Waals surface area (Å²) in [5, 5.41) is 11.1. The Balaban J connectivity index is 1.42. The third-order valence-electron chi connectivity index (χ3n) is 4.91. The lowest BCUT2D eigenvalue weighted by molar-refractivity contribution is 0.0924. The summed E-state index contributed by atoms with van der Waals surface area (Å²) in [7, 11) is 0. The molecule has 2 bridgehead atoms. The first-order valence-corrected chi connectivity index (χ1v) is 8.36. The predicted molar refractivity (Wildman–Crippen MR) is 88.7 cm³/mol. The molecule has 2 unspecified atom stereocenters. The molecule has 5 heteroatoms. The first-order valence-electron chi connectivity index (χ1n) is 8.36. The molecule has 2 saturated heterocycles. The molecular weight excluding hydrogens is 288 g/mol. The van der Waals surface area contributed by atoms with Crippen LogP contribution in [-0.2, 0) is 0 Å². The number of carbonyl (C=O) groups excluding carboxylic acids is 1. The van der Waals surface area contributed by atoms with Gasteiger partial charge in [-0.1, -0.05) is 0 Å². The van der Waals surface area contributed by atoms with Crippen LogP contribution in [0.4, 0.5) is 0 Å². The Labute approximate surface area is 136 Å². The number of rotatable bonds is 3. The van der Waals surface area contributed by atoms with E-state index in [9.17, 15) is 4.79 Å². The van der Waals surface area contributed by atoms with Crippen molar-refractivity contribution in [1.82, 2.24) is 20.4 Å². The molecule has 2 aliphatic heterocycles. The van der Waals surface area contributed by atoms with Crippen molar-refractivity contribution < 1.29 is 4.79 Å². The van der Waals surface area contributed by atoms with E-state index in [0.29, 0.717) is 23.7 Å². The van der Waals surface area contributed by atoms with E-state index < -0.39 is 0 Å². The lowest BCUT2D eigenvalue weighted by Gasteiger charge is -2.29. The van der Waals surface area contributed by atoms with E-state index in [-0.39, 0.29) is 5.91 Å². The van der Waals surface area contributed by atoms with Gasteiger partial charge in [-0.15, -0.1) is 0 Å². The molecule has 4 rings (SSSR count). The van der Waals surface area contributed by atoms with Gasteiger partial charge in [0, 0.05) is 29.9 Å². The van der Waals surface area contributed by atoms with Gasteiger partial charge in [0.25, 0.3) is 5.91 Å². The Bertz CT molecular complexity index is 694. The fourth-order valence-electron chi connectivity index (χ4n) is 3.76. The number of nitrogens with zero attached hydrogens (tertiary/aromatic N) is 2. The summed E-state index contributed by atoms with van der Waals surface area (Å²) in [6, 6.07) is 9.10. The van der Waals surface area contributed by atoms with Crippen molar-refractivity contribution in [2.45, 2.75) is 50.7 Å². The number of fused-ring (bicyclic) bond motifs is 2. The molecule has 1 amide bonds. The highest BCUT2D eigenvalue weighted by atomic mass is 16.1. The third kappa shape index (κ3) is 3.01. The molecule has 0 radical (unpaired) electrons. The lowest BCUT2D eigenvalue weighted by atomic mass is 9.99. The highest BCUT2D eigenvalue weighted by Crippen LogP contribution is 2.26. The molecule has 3 heterocycles. The minimum atomic E-state index is 0.0273. The van der Waals surface area contributed by atoms with Crippen molar-refractivity contribution in [2.24, 2.45) is 0 Å². The average molecular weight is 310 g/mol. The van der Waals surface area contributed by atoms with Crippen LogP contribution in [0.25, 0.3) is 5.69 Å². The van der Waals surface area contributed by atoms with Crippen LogP contribution in [0, 0.1) is 6.92 Å². The predicted octanol–water partition coefficient (Wildman–Crippen LogP) is 2.19. The van der Waals surface area contributed by atoms with Crippen molar-refractivity contribution in [3.05, 3.63) is 47.8 Å². The first-order chi connectivity index (χ1) is 11.2. The van der Waals surface area contributed by atoms with Gasteiger partial charge in [-0.2, -0.15) is 5.10 Å². The molecule has 5 nitrogen and oxygen atoms in total. The molecule has 2 N–H and O–H groups in total. The minimum absolute atomic E-state index is 0.0273. The van der Waals surface area contributed by atoms with Crippen LogP contribution in [0.3, 0.4) is 0 Å². The number of nitrogens with one attached hydrogen (secondary N) is 2. The number of amides is 1. The molecule has 0 aliphatic carbocycles. The summed E-state index contributed by atoms with van der Waals surface area (Å²) < 4.78 is 1.82. The fourth-order valence-corrected chi connectivity index (χ4v) is 3.76. The Morgan fingerprint density at radius 1 is 1.22 bits per heavy atom. The number of hydrogen-bond donors (Lipinski definition) is 2. The number of benzene rings is 1. The van der Waals surface area contributed by atoms with Gasteiger partial charge in [-0.25, -0.2) is 4.68 Å². The van der Waals surface area contributed by atoms with E-state index in [4.69, 9.17) is 0 Å². The highest BCUT2D eigenvalue weighted by molar-refractivity contribution is 5.94. The summed E-state index contributed by atoms with van der Waals surface area (Å²) in [5.41, 5.74) is 2.80. The van der Waals surface area contributed by atoms with Gasteiger partial charge in [0.15, 0.2) is 0 Å². The van der Waals surface area contributed by atoms with Crippen LogP contribution in [-0.4, -0.2) is 33.8 Å². The number of aromatic nitrogens is 2. The van der Waals surface area contributed by atoms with E-state index >= 15 is 0 Å². The summed E-state index contributed by atoms with van der Waals surface area (Å²) in [4.78, 5) is 12.4. The molecule has 2 aliphatic rings. The second kappa shape index (κ2) is 5.81. The van der Waals surface area contributed by atoms with E-state index in [1.165, 1.54) is 12.8 Å². The second-order valence-corrected chi connectivity index (χ2v) is 6.79. The largest absolute Gasteiger partial charge is 0.349 e. The van der Waals surface area contributed by atoms with E-state index in [2.05, 4.69) is 15.7 Å². The van der Waals surface area contributed by atoms with Crippen molar-refractivity contribution in [1.29, 1.82) is 0 Å². The first kappa shape index (κ1) is 14.5. The summed E-state index contributed by atoms with van der Waals surface area (Å²) >= 11 is 0. The molecule has 2 aromatic rings. The van der Waals surface area contributed by atoms with Crippen molar-refractivity contribution in [3.8, 4) is 5.69 Å². The van der Waals surface area contributed by atoms with E-state index in [1.807, 2.05) is 48.3 Å². The SMILES string of the molecule is Cc1cnn(-c2ccc(C(=O)NC3CC4CCC(C3)N4)cc2)c1. The number of hydrogen-bond acceptors (Lipinski definition) is 3. The van der Waals surface area contributed by atoms with Crippen molar-refractivity contribution >= 4 is 5.91 Å². The minimum Gasteiger partial charge on any atom is -0.349 e. The lowest BCUT2D eigenvalue weighted by Crippen LogP contribution is -2.48. The normalized spacial score (nSPS) is 26.2. The Morgan fingerprint density at radius 2 is 1.91 bits per heavy atom. The maximum atomic E-state index is 12.4. The molecular formula is C18H22N4O. The Hall–Kier alpha value is -2.14. The zero-order valence-electron chi connectivity index (χ0n) is 13.3. The molecule has 0 saturated carbocycles. The maximum absolute atomic E-state index is 12.4. The maximum Gasteiger partial charge on any atom is 0.251 e. The zero-order chi connectivity index (χ0) is 15.8. The smallest absolute Gasteiger partial charge is 0.251 e. The van der Waals surface area contributed by atoms with Crippen LogP contribution in [0.5, 0.6) is 0 Å². The van der Waals surface area contributed by atoms with Crippen LogP contribution in [0.1, 0.15) is 41.6 Å². The standard InChI is InChI=1S/C18H22N4O/c1-12-10-19-22(11-12)17-6-2-13(3-7-17)18(23)21-16-8-14-4-5-15(9-16)20-14/h2-3,6-7,10-11,14-16,20H,4-5,8-9H2,1H3,(H,21,23). The van der Waals surface area contributed by atoms with E-state index in [1.54, 1.807) is 0 Å². The molecule has 0 spiro atoms. The van der Waals surface area contributed by atoms with Gasteiger partial charge in [-0.3, -0.25) is 4.79 Å². The van der Waals surface area contributed by atoms with Gasteiger partial charge in [0.2, 0.25) is 0 Å². The van der Waals surface area contributed by atoms with Crippen LogP contribution in [0.15, 0.2) is 36.7 Å². The highest BCUT2D eigenvalue weighted by Gasteiger charge is 2.34. The number of carbonyl (C=O) groups is 1. The van der Waals surface area contributed by atoms with Gasteiger partial charge in [-0.05, 0) is 62.4 Å². The molecule has 2 atom stereocenters. The molecule has 2 fully saturated rings. The quantitative estimate of drug-likeness (QED) is 0.913. The van der Waals surface area contributed by atoms with Crippen LogP contribution in [0.2, 0.25) is 0 Å². The number of piperidine rings is 1. The fraction of sp³-hybridized carbons (Fsp3) is 0.444. The number of aryl methyl sites for hydroxylation is 1. The second-order valence-electron chi connectivity index (χ2n) is 6.79. The van der Waals surface area contributed by atoms with Crippen molar-refractivity contribution in [3.63, 3.8) is 0 Å². The molecule has 1 aromatic heterocycles.